The van der Waals surface area contributed by atoms with Gasteiger partial charge < -0.3 is 0 Å². The van der Waals surface area contributed by atoms with Gasteiger partial charge in [-0.25, -0.2) is 4.98 Å². The van der Waals surface area contributed by atoms with Crippen LogP contribution in [-0.4, -0.2) is 23.5 Å². The van der Waals surface area contributed by atoms with Crippen molar-refractivity contribution in [1.82, 2.24) is 4.98 Å². The highest BCUT2D eigenvalue weighted by atomic mass is 32.2. The van der Waals surface area contributed by atoms with Crippen LogP contribution in [0.5, 0.6) is 0 Å². The fraction of sp³-hybridized carbons (Fsp3) is 0.133. The van der Waals surface area contributed by atoms with E-state index in [2.05, 4.69) is 48.3 Å². The third kappa shape index (κ3) is 3.96. The molecular weight excluding hydrogens is 331 g/mol. The standard InChI is InChI=1S/C14H11N.CHF3O3S/c1-10-5-4-8-14-12(10)9-11-6-2-3-7-13(11)15-14;2-1(3,4)8(5,6)7/h2-9H,1H3;(H,5,6,7). The van der Waals surface area contributed by atoms with Gasteiger partial charge in [0.2, 0.25) is 0 Å². The maximum atomic E-state index is 10.7. The van der Waals surface area contributed by atoms with Crippen molar-refractivity contribution in [3.63, 3.8) is 0 Å². The van der Waals surface area contributed by atoms with Gasteiger partial charge in [0.1, 0.15) is 0 Å². The van der Waals surface area contributed by atoms with Gasteiger partial charge in [0.05, 0.1) is 11.0 Å². The normalized spacial score (nSPS) is 12.0. The first-order valence-electron chi connectivity index (χ1n) is 6.38. The average Bonchev–Trinajstić information content (AvgIpc) is 2.44. The Morgan fingerprint density at radius 3 is 2.17 bits per heavy atom. The number of halogens is 3. The van der Waals surface area contributed by atoms with Crippen LogP contribution in [0, 0.1) is 6.92 Å². The van der Waals surface area contributed by atoms with Crippen molar-refractivity contribution in [2.45, 2.75) is 12.4 Å². The highest BCUT2D eigenvalue weighted by Gasteiger charge is 2.44. The first-order chi connectivity index (χ1) is 10.6. The quantitative estimate of drug-likeness (QED) is 0.379. The number of rotatable bonds is 0. The van der Waals surface area contributed by atoms with Crippen LogP contribution in [-0.2, 0) is 10.1 Å². The second kappa shape index (κ2) is 6.13. The largest absolute Gasteiger partial charge is 0.522 e. The average molecular weight is 343 g/mol. The first kappa shape index (κ1) is 17.2. The Hall–Kier alpha value is -2.19. The molecule has 0 radical (unpaired) electrons. The number of hydrogen-bond acceptors (Lipinski definition) is 3. The van der Waals surface area contributed by atoms with E-state index in [1.54, 1.807) is 0 Å². The lowest BCUT2D eigenvalue weighted by Crippen LogP contribution is -2.21. The molecular formula is C15H12F3NO3S. The summed E-state index contributed by atoms with van der Waals surface area (Å²) in [5, 5.41) is 2.45. The number of nitrogens with zero attached hydrogens (tertiary/aromatic N) is 1. The summed E-state index contributed by atoms with van der Waals surface area (Å²) in [6, 6.07) is 16.7. The maximum absolute atomic E-state index is 10.7. The Kier molecular flexibility index (Phi) is 4.58. The molecule has 0 atom stereocenters. The third-order valence-corrected chi connectivity index (χ3v) is 3.66. The fourth-order valence-corrected chi connectivity index (χ4v) is 1.95. The Bertz CT molecular complexity index is 953. The number of pyridine rings is 1. The van der Waals surface area contributed by atoms with E-state index in [0.29, 0.717) is 0 Å². The van der Waals surface area contributed by atoms with Crippen LogP contribution in [0.1, 0.15) is 5.56 Å². The maximum Gasteiger partial charge on any atom is 0.522 e. The minimum absolute atomic E-state index is 1.07. The molecule has 0 saturated heterocycles. The number of aryl methyl sites for hydroxylation is 1. The summed E-state index contributed by atoms with van der Waals surface area (Å²) < 4.78 is 57.5. The van der Waals surface area contributed by atoms with Crippen LogP contribution >= 0.6 is 0 Å². The van der Waals surface area contributed by atoms with Crippen molar-refractivity contribution in [1.29, 1.82) is 0 Å². The molecule has 0 saturated carbocycles. The number of para-hydroxylation sites is 1. The third-order valence-electron chi connectivity index (χ3n) is 3.07. The van der Waals surface area contributed by atoms with Crippen molar-refractivity contribution in [3.8, 4) is 0 Å². The van der Waals surface area contributed by atoms with Gasteiger partial charge in [-0.05, 0) is 30.7 Å². The molecule has 1 heterocycles. The molecule has 0 unspecified atom stereocenters. The minimum atomic E-state index is -5.84. The lowest BCUT2D eigenvalue weighted by atomic mass is 10.1. The fourth-order valence-electron chi connectivity index (χ4n) is 1.95. The Labute approximate surface area is 130 Å². The van der Waals surface area contributed by atoms with Gasteiger partial charge in [-0.15, -0.1) is 0 Å². The molecule has 0 aliphatic heterocycles. The molecule has 0 aliphatic carbocycles. The summed E-state index contributed by atoms with van der Waals surface area (Å²) in [6.07, 6.45) is 0. The van der Waals surface area contributed by atoms with Crippen molar-refractivity contribution in [2.24, 2.45) is 0 Å². The summed E-state index contributed by atoms with van der Waals surface area (Å²) in [5.41, 5.74) is -2.11. The summed E-state index contributed by atoms with van der Waals surface area (Å²) in [7, 11) is -5.84. The molecule has 3 rings (SSSR count). The molecule has 122 valence electrons. The number of fused-ring (bicyclic) bond motifs is 2. The van der Waals surface area contributed by atoms with Gasteiger partial charge in [0, 0.05) is 10.8 Å². The minimum Gasteiger partial charge on any atom is -0.279 e. The summed E-state index contributed by atoms with van der Waals surface area (Å²) in [6.45, 7) is 2.12. The van der Waals surface area contributed by atoms with Gasteiger partial charge in [-0.3, -0.25) is 4.55 Å². The zero-order valence-corrected chi connectivity index (χ0v) is 12.7. The number of benzene rings is 2. The van der Waals surface area contributed by atoms with Crippen LogP contribution in [0.2, 0.25) is 0 Å². The molecule has 0 bridgehead atoms. The molecule has 23 heavy (non-hydrogen) atoms. The van der Waals surface area contributed by atoms with Crippen molar-refractivity contribution in [3.05, 3.63) is 54.1 Å². The molecule has 1 N–H and O–H groups in total. The van der Waals surface area contributed by atoms with Gasteiger partial charge in [-0.2, -0.15) is 21.6 Å². The van der Waals surface area contributed by atoms with Gasteiger partial charge in [0.25, 0.3) is 0 Å². The van der Waals surface area contributed by atoms with E-state index < -0.39 is 15.6 Å². The van der Waals surface area contributed by atoms with E-state index in [1.807, 2.05) is 12.1 Å². The lowest BCUT2D eigenvalue weighted by molar-refractivity contribution is -0.0510. The van der Waals surface area contributed by atoms with Crippen LogP contribution in [0.15, 0.2) is 48.5 Å². The van der Waals surface area contributed by atoms with Crippen molar-refractivity contribution < 1.29 is 26.1 Å². The Morgan fingerprint density at radius 1 is 1.00 bits per heavy atom. The molecule has 0 fully saturated rings. The number of aromatic nitrogens is 1. The van der Waals surface area contributed by atoms with E-state index in [4.69, 9.17) is 13.0 Å². The predicted octanol–water partition coefficient (Wildman–Crippen LogP) is 4.09. The van der Waals surface area contributed by atoms with Crippen LogP contribution in [0.25, 0.3) is 21.8 Å². The molecule has 2 aromatic carbocycles. The van der Waals surface area contributed by atoms with E-state index in [-0.39, 0.29) is 0 Å². The van der Waals surface area contributed by atoms with Gasteiger partial charge in [-0.1, -0.05) is 30.3 Å². The molecule has 4 nitrogen and oxygen atoms in total. The summed E-state index contributed by atoms with van der Waals surface area (Å²) >= 11 is 0. The summed E-state index contributed by atoms with van der Waals surface area (Å²) in [4.78, 5) is 4.64. The smallest absolute Gasteiger partial charge is 0.279 e. The SMILES string of the molecule is Cc1cccc2nc3ccccc3cc12.O=S(=O)(O)C(F)(F)F. The molecule has 0 spiro atoms. The second-order valence-electron chi connectivity index (χ2n) is 4.74. The van der Waals surface area contributed by atoms with E-state index >= 15 is 0 Å². The van der Waals surface area contributed by atoms with Gasteiger partial charge in [0.15, 0.2) is 0 Å². The zero-order valence-electron chi connectivity index (χ0n) is 11.9. The highest BCUT2D eigenvalue weighted by molar-refractivity contribution is 7.86. The van der Waals surface area contributed by atoms with E-state index in [1.165, 1.54) is 16.3 Å². The second-order valence-corrected chi connectivity index (χ2v) is 6.16. The molecule has 1 aromatic heterocycles. The topological polar surface area (TPSA) is 67.3 Å². The summed E-state index contributed by atoms with van der Waals surface area (Å²) in [5.74, 6) is 0. The lowest BCUT2D eigenvalue weighted by Gasteiger charge is -2.03. The van der Waals surface area contributed by atoms with E-state index in [9.17, 15) is 13.2 Å². The van der Waals surface area contributed by atoms with Gasteiger partial charge >= 0.3 is 15.6 Å². The van der Waals surface area contributed by atoms with Crippen LogP contribution in [0.3, 0.4) is 0 Å². The Morgan fingerprint density at radius 2 is 1.57 bits per heavy atom. The number of hydrogen-bond donors (Lipinski definition) is 1. The zero-order chi connectivity index (χ0) is 17.3. The number of alkyl halides is 3. The molecule has 0 amide bonds. The Balaban J connectivity index is 0.000000207. The monoisotopic (exact) mass is 343 g/mol. The molecule has 8 heteroatoms. The van der Waals surface area contributed by atoms with Crippen LogP contribution < -0.4 is 0 Å². The first-order valence-corrected chi connectivity index (χ1v) is 7.82. The molecule has 3 aromatic rings. The highest BCUT2D eigenvalue weighted by Crippen LogP contribution is 2.22. The van der Waals surface area contributed by atoms with Crippen LogP contribution in [0.4, 0.5) is 13.2 Å². The van der Waals surface area contributed by atoms with Crippen molar-refractivity contribution >= 4 is 31.9 Å². The predicted molar refractivity (Wildman–Crippen MR) is 81.6 cm³/mol. The van der Waals surface area contributed by atoms with E-state index in [0.717, 1.165) is 11.0 Å². The molecule has 0 aliphatic rings. The van der Waals surface area contributed by atoms with Crippen molar-refractivity contribution in [2.75, 3.05) is 0 Å².